The highest BCUT2D eigenvalue weighted by molar-refractivity contribution is 7.18. The SMILES string of the molecule is O=C(CCC(=O)c1ccc(Cl)s1)NCC(O)c1ccsc1. The molecule has 0 fully saturated rings. The largest absolute Gasteiger partial charge is 0.387 e. The summed E-state index contributed by atoms with van der Waals surface area (Å²) in [4.78, 5) is 24.0. The van der Waals surface area contributed by atoms with Gasteiger partial charge in [-0.1, -0.05) is 11.6 Å². The van der Waals surface area contributed by atoms with Gasteiger partial charge in [0.15, 0.2) is 5.78 Å². The van der Waals surface area contributed by atoms with Crippen molar-refractivity contribution in [2.45, 2.75) is 18.9 Å². The molecule has 0 bridgehead atoms. The number of hydrogen-bond donors (Lipinski definition) is 2. The molecular formula is C14H14ClNO3S2. The van der Waals surface area contributed by atoms with Gasteiger partial charge in [0.1, 0.15) is 0 Å². The van der Waals surface area contributed by atoms with E-state index in [9.17, 15) is 14.7 Å². The molecule has 21 heavy (non-hydrogen) atoms. The third-order valence-corrected chi connectivity index (χ3v) is 4.82. The molecule has 7 heteroatoms. The van der Waals surface area contributed by atoms with Crippen molar-refractivity contribution < 1.29 is 14.7 Å². The molecule has 2 heterocycles. The number of hydrogen-bond acceptors (Lipinski definition) is 5. The molecule has 2 aromatic rings. The maximum Gasteiger partial charge on any atom is 0.220 e. The van der Waals surface area contributed by atoms with Crippen LogP contribution in [0.1, 0.15) is 34.2 Å². The van der Waals surface area contributed by atoms with E-state index in [0.29, 0.717) is 9.21 Å². The number of Topliss-reactive ketones (excluding diaryl/α,β-unsaturated/α-hetero) is 1. The molecule has 0 saturated carbocycles. The summed E-state index contributed by atoms with van der Waals surface area (Å²) < 4.78 is 0.557. The van der Waals surface area contributed by atoms with Gasteiger partial charge in [-0.3, -0.25) is 9.59 Å². The first kappa shape index (κ1) is 16.2. The number of aliphatic hydroxyl groups is 1. The molecule has 2 N–H and O–H groups in total. The van der Waals surface area contributed by atoms with Crippen LogP contribution in [0, 0.1) is 0 Å². The Morgan fingerprint density at radius 2 is 2.10 bits per heavy atom. The topological polar surface area (TPSA) is 66.4 Å². The first-order valence-corrected chi connectivity index (χ1v) is 8.45. The van der Waals surface area contributed by atoms with Crippen LogP contribution < -0.4 is 5.32 Å². The van der Waals surface area contributed by atoms with Crippen molar-refractivity contribution in [3.8, 4) is 0 Å². The number of carbonyl (C=O) groups excluding carboxylic acids is 2. The van der Waals surface area contributed by atoms with Gasteiger partial charge in [0.05, 0.1) is 15.3 Å². The van der Waals surface area contributed by atoms with E-state index in [0.717, 1.165) is 5.56 Å². The van der Waals surface area contributed by atoms with Crippen molar-refractivity contribution in [2.24, 2.45) is 0 Å². The molecule has 0 aliphatic carbocycles. The molecule has 1 atom stereocenters. The molecule has 4 nitrogen and oxygen atoms in total. The Labute approximate surface area is 135 Å². The second-order valence-corrected chi connectivity index (χ2v) is 6.90. The number of aliphatic hydroxyl groups excluding tert-OH is 1. The predicted octanol–water partition coefficient (Wildman–Crippen LogP) is 3.28. The van der Waals surface area contributed by atoms with Crippen molar-refractivity contribution in [1.29, 1.82) is 0 Å². The molecule has 0 spiro atoms. The minimum Gasteiger partial charge on any atom is -0.387 e. The lowest BCUT2D eigenvalue weighted by Crippen LogP contribution is -2.28. The summed E-state index contributed by atoms with van der Waals surface area (Å²) in [5.74, 6) is -0.347. The summed E-state index contributed by atoms with van der Waals surface area (Å²) in [5.41, 5.74) is 0.782. The molecule has 0 saturated heterocycles. The Morgan fingerprint density at radius 1 is 1.29 bits per heavy atom. The number of thiophene rings is 2. The minimum atomic E-state index is -0.716. The van der Waals surface area contributed by atoms with Gasteiger partial charge in [-0.25, -0.2) is 0 Å². The van der Waals surface area contributed by atoms with Crippen molar-refractivity contribution in [1.82, 2.24) is 5.32 Å². The van der Waals surface area contributed by atoms with E-state index in [4.69, 9.17) is 11.6 Å². The molecule has 2 aromatic heterocycles. The molecule has 0 aliphatic rings. The second kappa shape index (κ2) is 7.70. The Morgan fingerprint density at radius 3 is 2.71 bits per heavy atom. The number of rotatable bonds is 7. The number of ketones is 1. The molecule has 2 rings (SSSR count). The van der Waals surface area contributed by atoms with E-state index in [-0.39, 0.29) is 31.1 Å². The van der Waals surface area contributed by atoms with Gasteiger partial charge in [-0.15, -0.1) is 11.3 Å². The summed E-state index contributed by atoms with van der Waals surface area (Å²) in [5, 5.41) is 16.2. The van der Waals surface area contributed by atoms with Crippen LogP contribution in [-0.4, -0.2) is 23.3 Å². The highest BCUT2D eigenvalue weighted by atomic mass is 35.5. The molecule has 112 valence electrons. The van der Waals surface area contributed by atoms with E-state index < -0.39 is 6.10 Å². The summed E-state index contributed by atoms with van der Waals surface area (Å²) in [6.07, 6.45) is -0.478. The zero-order chi connectivity index (χ0) is 15.2. The quantitative estimate of drug-likeness (QED) is 0.758. The van der Waals surface area contributed by atoms with E-state index in [1.807, 2.05) is 16.8 Å². The van der Waals surface area contributed by atoms with Gasteiger partial charge in [-0.05, 0) is 34.5 Å². The average molecular weight is 344 g/mol. The fourth-order valence-electron chi connectivity index (χ4n) is 1.70. The van der Waals surface area contributed by atoms with Crippen LogP contribution in [0.3, 0.4) is 0 Å². The van der Waals surface area contributed by atoms with Crippen molar-refractivity contribution in [2.75, 3.05) is 6.54 Å². The van der Waals surface area contributed by atoms with Gasteiger partial charge in [0.2, 0.25) is 5.91 Å². The van der Waals surface area contributed by atoms with Crippen molar-refractivity contribution in [3.63, 3.8) is 0 Å². The Balaban J connectivity index is 1.71. The summed E-state index contributed by atoms with van der Waals surface area (Å²) >= 11 is 8.46. The molecular weight excluding hydrogens is 330 g/mol. The van der Waals surface area contributed by atoms with Crippen LogP contribution >= 0.6 is 34.3 Å². The Kier molecular flexibility index (Phi) is 5.93. The molecule has 0 radical (unpaired) electrons. The average Bonchev–Trinajstić information content (AvgIpc) is 3.13. The maximum absolute atomic E-state index is 11.8. The van der Waals surface area contributed by atoms with Crippen LogP contribution in [0.25, 0.3) is 0 Å². The van der Waals surface area contributed by atoms with E-state index in [2.05, 4.69) is 5.32 Å². The third-order valence-electron chi connectivity index (χ3n) is 2.85. The van der Waals surface area contributed by atoms with Gasteiger partial charge in [-0.2, -0.15) is 11.3 Å². The zero-order valence-electron chi connectivity index (χ0n) is 11.0. The lowest BCUT2D eigenvalue weighted by atomic mass is 10.1. The van der Waals surface area contributed by atoms with Crippen LogP contribution in [0.2, 0.25) is 4.34 Å². The zero-order valence-corrected chi connectivity index (χ0v) is 13.4. The van der Waals surface area contributed by atoms with E-state index in [1.54, 1.807) is 12.1 Å². The monoisotopic (exact) mass is 343 g/mol. The summed E-state index contributed by atoms with van der Waals surface area (Å²) in [6.45, 7) is 0.147. The lowest BCUT2D eigenvalue weighted by Gasteiger charge is -2.10. The third kappa shape index (κ3) is 4.93. The molecule has 0 aliphatic heterocycles. The van der Waals surface area contributed by atoms with Crippen LogP contribution in [0.15, 0.2) is 29.0 Å². The number of carbonyl (C=O) groups is 2. The molecule has 1 unspecified atom stereocenters. The van der Waals surface area contributed by atoms with Gasteiger partial charge >= 0.3 is 0 Å². The summed E-state index contributed by atoms with van der Waals surface area (Å²) in [6, 6.07) is 5.13. The van der Waals surface area contributed by atoms with Gasteiger partial charge in [0.25, 0.3) is 0 Å². The fourth-order valence-corrected chi connectivity index (χ4v) is 3.41. The lowest BCUT2D eigenvalue weighted by molar-refractivity contribution is -0.121. The normalized spacial score (nSPS) is 12.1. The Bertz CT molecular complexity index is 610. The van der Waals surface area contributed by atoms with Crippen LogP contribution in [0.4, 0.5) is 0 Å². The molecule has 1 amide bonds. The Hall–Kier alpha value is -1.21. The van der Waals surface area contributed by atoms with Crippen molar-refractivity contribution in [3.05, 3.63) is 43.7 Å². The standard InChI is InChI=1S/C14H14ClNO3S2/c15-13-3-2-12(21-13)10(17)1-4-14(19)16-7-11(18)9-5-6-20-8-9/h2-3,5-6,8,11,18H,1,4,7H2,(H,16,19). The first-order chi connectivity index (χ1) is 10.1. The highest BCUT2D eigenvalue weighted by Crippen LogP contribution is 2.22. The van der Waals surface area contributed by atoms with E-state index >= 15 is 0 Å². The maximum atomic E-state index is 11.8. The number of amides is 1. The fraction of sp³-hybridized carbons (Fsp3) is 0.286. The van der Waals surface area contributed by atoms with Crippen LogP contribution in [-0.2, 0) is 4.79 Å². The predicted molar refractivity (Wildman–Crippen MR) is 85.2 cm³/mol. The summed E-state index contributed by atoms with van der Waals surface area (Å²) in [7, 11) is 0. The number of nitrogens with one attached hydrogen (secondary N) is 1. The second-order valence-electron chi connectivity index (χ2n) is 4.40. The molecule has 0 aromatic carbocycles. The first-order valence-electron chi connectivity index (χ1n) is 6.31. The van der Waals surface area contributed by atoms with Crippen LogP contribution in [0.5, 0.6) is 0 Å². The number of halogens is 1. The smallest absolute Gasteiger partial charge is 0.220 e. The van der Waals surface area contributed by atoms with Gasteiger partial charge < -0.3 is 10.4 Å². The van der Waals surface area contributed by atoms with E-state index in [1.165, 1.54) is 22.7 Å². The highest BCUT2D eigenvalue weighted by Gasteiger charge is 2.13. The van der Waals surface area contributed by atoms with Crippen molar-refractivity contribution >= 4 is 46.0 Å². The van der Waals surface area contributed by atoms with Gasteiger partial charge in [0, 0.05) is 19.4 Å². The minimum absolute atomic E-state index is 0.0968.